The van der Waals surface area contributed by atoms with Crippen LogP contribution in [-0.2, 0) is 0 Å². The predicted octanol–water partition coefficient (Wildman–Crippen LogP) is 3.24. The van der Waals surface area contributed by atoms with Crippen molar-refractivity contribution in [3.8, 4) is 18.1 Å². The van der Waals surface area contributed by atoms with Gasteiger partial charge in [0, 0.05) is 6.42 Å². The van der Waals surface area contributed by atoms with Crippen LogP contribution in [0.2, 0.25) is 0 Å². The van der Waals surface area contributed by atoms with Crippen molar-refractivity contribution in [2.75, 3.05) is 6.61 Å². The second-order valence-electron chi connectivity index (χ2n) is 2.59. The Bertz CT molecular complexity index is 301. The highest BCUT2D eigenvalue weighted by atomic mass is 79.9. The molecule has 68 valence electrons. The number of hydrogen-bond acceptors (Lipinski definition) is 1. The monoisotopic (exact) mass is 238 g/mol. The summed E-state index contributed by atoms with van der Waals surface area (Å²) in [6.07, 6.45) is 6.79. The Balaban J connectivity index is 2.37. The minimum absolute atomic E-state index is 0.673. The van der Waals surface area contributed by atoms with Gasteiger partial charge in [0.25, 0.3) is 0 Å². The minimum atomic E-state index is 0.673. The first-order valence-electron chi connectivity index (χ1n) is 4.15. The fourth-order valence-corrected chi connectivity index (χ4v) is 1.32. The zero-order valence-electron chi connectivity index (χ0n) is 7.29. The van der Waals surface area contributed by atoms with Gasteiger partial charge < -0.3 is 4.74 Å². The number of terminal acetylenes is 1. The van der Waals surface area contributed by atoms with Gasteiger partial charge >= 0.3 is 0 Å². The smallest absolute Gasteiger partial charge is 0.133 e. The molecular weight excluding hydrogens is 228 g/mol. The summed E-state index contributed by atoms with van der Waals surface area (Å²) in [5.74, 6) is 3.45. The molecule has 0 spiro atoms. The summed E-state index contributed by atoms with van der Waals surface area (Å²) in [5, 5.41) is 0. The van der Waals surface area contributed by atoms with Gasteiger partial charge in [-0.2, -0.15) is 0 Å². The Morgan fingerprint density at radius 3 is 2.85 bits per heavy atom. The molecule has 0 aliphatic heterocycles. The lowest BCUT2D eigenvalue weighted by molar-refractivity contribution is 0.311. The molecule has 0 fully saturated rings. The van der Waals surface area contributed by atoms with Gasteiger partial charge in [0.15, 0.2) is 0 Å². The fourth-order valence-electron chi connectivity index (χ4n) is 0.918. The Morgan fingerprint density at radius 2 is 2.15 bits per heavy atom. The van der Waals surface area contributed by atoms with Crippen LogP contribution in [0.3, 0.4) is 0 Å². The average Bonchev–Trinajstić information content (AvgIpc) is 2.15. The quantitative estimate of drug-likeness (QED) is 0.579. The number of benzene rings is 1. The molecule has 2 heteroatoms. The molecule has 0 saturated heterocycles. The highest BCUT2D eigenvalue weighted by Gasteiger charge is 1.97. The standard InChI is InChI=1S/C11H11BrO/c1-2-3-6-9-13-11-8-5-4-7-10(11)12/h1,4-5,7-8H,3,6,9H2. The maximum absolute atomic E-state index is 5.50. The van der Waals surface area contributed by atoms with Crippen LogP contribution in [-0.4, -0.2) is 6.61 Å². The molecule has 0 radical (unpaired) electrons. The molecular formula is C11H11BrO. The first-order chi connectivity index (χ1) is 6.34. The Kier molecular flexibility index (Phi) is 4.42. The van der Waals surface area contributed by atoms with E-state index in [-0.39, 0.29) is 0 Å². The van der Waals surface area contributed by atoms with Crippen LogP contribution >= 0.6 is 15.9 Å². The van der Waals surface area contributed by atoms with E-state index in [9.17, 15) is 0 Å². The average molecular weight is 239 g/mol. The summed E-state index contributed by atoms with van der Waals surface area (Å²) in [7, 11) is 0. The van der Waals surface area contributed by atoms with Gasteiger partial charge in [-0.25, -0.2) is 0 Å². The fraction of sp³-hybridized carbons (Fsp3) is 0.273. The van der Waals surface area contributed by atoms with Gasteiger partial charge in [-0.1, -0.05) is 12.1 Å². The van der Waals surface area contributed by atoms with Crippen LogP contribution in [0, 0.1) is 12.3 Å². The highest BCUT2D eigenvalue weighted by molar-refractivity contribution is 9.10. The molecule has 1 nitrogen and oxygen atoms in total. The largest absolute Gasteiger partial charge is 0.492 e. The van der Waals surface area contributed by atoms with E-state index in [4.69, 9.17) is 11.2 Å². The third kappa shape index (κ3) is 3.52. The molecule has 0 aliphatic rings. The van der Waals surface area contributed by atoms with Gasteiger partial charge in [0.1, 0.15) is 5.75 Å². The molecule has 0 N–H and O–H groups in total. The van der Waals surface area contributed by atoms with Crippen molar-refractivity contribution in [1.82, 2.24) is 0 Å². The molecule has 1 aromatic rings. The molecule has 0 bridgehead atoms. The molecule has 0 atom stereocenters. The third-order valence-corrected chi connectivity index (χ3v) is 2.21. The lowest BCUT2D eigenvalue weighted by Gasteiger charge is -2.05. The van der Waals surface area contributed by atoms with Gasteiger partial charge in [-0.3, -0.25) is 0 Å². The van der Waals surface area contributed by atoms with Crippen molar-refractivity contribution in [2.24, 2.45) is 0 Å². The zero-order valence-corrected chi connectivity index (χ0v) is 8.88. The number of halogens is 1. The molecule has 0 unspecified atom stereocenters. The molecule has 1 rings (SSSR count). The SMILES string of the molecule is C#CCCCOc1ccccc1Br. The third-order valence-electron chi connectivity index (χ3n) is 1.56. The zero-order chi connectivity index (χ0) is 9.52. The van der Waals surface area contributed by atoms with Crippen LogP contribution in [0.5, 0.6) is 5.75 Å². The number of unbranched alkanes of at least 4 members (excludes halogenated alkanes) is 1. The predicted molar refractivity (Wildman–Crippen MR) is 57.7 cm³/mol. The van der Waals surface area contributed by atoms with Crippen LogP contribution in [0.25, 0.3) is 0 Å². The Morgan fingerprint density at radius 1 is 1.38 bits per heavy atom. The van der Waals surface area contributed by atoms with E-state index < -0.39 is 0 Å². The number of hydrogen-bond donors (Lipinski definition) is 0. The molecule has 0 aromatic heterocycles. The van der Waals surface area contributed by atoms with Crippen LogP contribution in [0.1, 0.15) is 12.8 Å². The van der Waals surface area contributed by atoms with E-state index in [1.807, 2.05) is 24.3 Å². The van der Waals surface area contributed by atoms with Crippen LogP contribution < -0.4 is 4.74 Å². The molecule has 0 aliphatic carbocycles. The number of para-hydroxylation sites is 1. The summed E-state index contributed by atoms with van der Waals surface area (Å²) >= 11 is 3.40. The summed E-state index contributed by atoms with van der Waals surface area (Å²) in [6, 6.07) is 7.79. The second-order valence-corrected chi connectivity index (χ2v) is 3.44. The molecule has 0 amide bonds. The van der Waals surface area contributed by atoms with E-state index in [2.05, 4.69) is 21.9 Å². The van der Waals surface area contributed by atoms with E-state index in [0.717, 1.165) is 23.1 Å². The topological polar surface area (TPSA) is 9.23 Å². The van der Waals surface area contributed by atoms with Gasteiger partial charge in [0.05, 0.1) is 11.1 Å². The van der Waals surface area contributed by atoms with E-state index in [1.165, 1.54) is 0 Å². The van der Waals surface area contributed by atoms with Crippen LogP contribution in [0.15, 0.2) is 28.7 Å². The Labute approximate surface area is 87.2 Å². The maximum atomic E-state index is 5.50. The van der Waals surface area contributed by atoms with Crippen molar-refractivity contribution in [2.45, 2.75) is 12.8 Å². The lowest BCUT2D eigenvalue weighted by atomic mass is 10.3. The molecule has 1 aromatic carbocycles. The van der Waals surface area contributed by atoms with Crippen molar-refractivity contribution in [1.29, 1.82) is 0 Å². The summed E-state index contributed by atoms with van der Waals surface area (Å²) in [4.78, 5) is 0. The highest BCUT2D eigenvalue weighted by Crippen LogP contribution is 2.23. The van der Waals surface area contributed by atoms with E-state index >= 15 is 0 Å². The van der Waals surface area contributed by atoms with Crippen molar-refractivity contribution < 1.29 is 4.74 Å². The maximum Gasteiger partial charge on any atom is 0.133 e. The van der Waals surface area contributed by atoms with Crippen molar-refractivity contribution in [3.05, 3.63) is 28.7 Å². The Hall–Kier alpha value is -0.940. The minimum Gasteiger partial charge on any atom is -0.492 e. The first-order valence-corrected chi connectivity index (χ1v) is 4.94. The van der Waals surface area contributed by atoms with Gasteiger partial charge in [0.2, 0.25) is 0 Å². The number of rotatable bonds is 4. The van der Waals surface area contributed by atoms with Gasteiger partial charge in [-0.15, -0.1) is 12.3 Å². The summed E-state index contributed by atoms with van der Waals surface area (Å²) in [6.45, 7) is 0.673. The molecule has 0 heterocycles. The van der Waals surface area contributed by atoms with Crippen molar-refractivity contribution in [3.63, 3.8) is 0 Å². The lowest BCUT2D eigenvalue weighted by Crippen LogP contribution is -1.96. The van der Waals surface area contributed by atoms with E-state index in [1.54, 1.807) is 0 Å². The second kappa shape index (κ2) is 5.66. The first kappa shape index (κ1) is 10.1. The van der Waals surface area contributed by atoms with E-state index in [0.29, 0.717) is 6.61 Å². The molecule has 0 saturated carbocycles. The summed E-state index contributed by atoms with van der Waals surface area (Å²) in [5.41, 5.74) is 0. The van der Waals surface area contributed by atoms with Crippen molar-refractivity contribution >= 4 is 15.9 Å². The molecule has 13 heavy (non-hydrogen) atoms. The number of ether oxygens (including phenoxy) is 1. The summed E-state index contributed by atoms with van der Waals surface area (Å²) < 4.78 is 6.48. The van der Waals surface area contributed by atoms with Crippen LogP contribution in [0.4, 0.5) is 0 Å². The normalized spacial score (nSPS) is 9.23. The van der Waals surface area contributed by atoms with Gasteiger partial charge in [-0.05, 0) is 34.5 Å².